The summed E-state index contributed by atoms with van der Waals surface area (Å²) < 4.78 is 14.9. The predicted octanol–water partition coefficient (Wildman–Crippen LogP) is 5.62. The molecule has 0 fully saturated rings. The third-order valence-corrected chi connectivity index (χ3v) is 13.0. The van der Waals surface area contributed by atoms with Gasteiger partial charge in [-0.1, -0.05) is 54.6 Å². The van der Waals surface area contributed by atoms with Crippen molar-refractivity contribution in [1.82, 2.24) is 9.13 Å². The highest BCUT2D eigenvalue weighted by molar-refractivity contribution is 7.97. The van der Waals surface area contributed by atoms with Gasteiger partial charge in [0, 0.05) is 18.7 Å². The van der Waals surface area contributed by atoms with Crippen molar-refractivity contribution in [1.29, 1.82) is 0 Å². The molecular weight excluding hydrogens is 643 g/mol. The summed E-state index contributed by atoms with van der Waals surface area (Å²) >= 11 is 5.58. The van der Waals surface area contributed by atoms with Crippen LogP contribution in [-0.2, 0) is 32.2 Å². The molecule has 0 saturated heterocycles. The fourth-order valence-corrected chi connectivity index (χ4v) is 11.4. The van der Waals surface area contributed by atoms with Gasteiger partial charge in [0.1, 0.15) is 40.3 Å². The normalized spacial score (nSPS) is 13.4. The molecule has 10 heteroatoms. The first-order valence-corrected chi connectivity index (χ1v) is 18.4. The van der Waals surface area contributed by atoms with Gasteiger partial charge in [-0.3, -0.25) is 14.2 Å². The van der Waals surface area contributed by atoms with E-state index >= 15 is 4.79 Å². The second kappa shape index (κ2) is 14.6. The number of carbonyl (C=O) groups is 2. The predicted molar refractivity (Wildman–Crippen MR) is 194 cm³/mol. The van der Waals surface area contributed by atoms with E-state index in [1.807, 2.05) is 91.0 Å². The topological polar surface area (TPSA) is 103 Å². The molecule has 2 atom stereocenters. The smallest absolute Gasteiger partial charge is 0.350 e. The molecule has 0 radical (unpaired) electrons. The minimum Gasteiger partial charge on any atom is -0.860 e. The van der Waals surface area contributed by atoms with E-state index in [4.69, 9.17) is 21.7 Å². The van der Waals surface area contributed by atoms with Gasteiger partial charge in [-0.2, -0.15) is 0 Å². The molecule has 0 saturated carbocycles. The molecule has 48 heavy (non-hydrogen) atoms. The number of benzene rings is 3. The Morgan fingerprint density at radius 1 is 0.708 bits per heavy atom. The van der Waals surface area contributed by atoms with Crippen molar-refractivity contribution in [3.05, 3.63) is 112 Å². The average Bonchev–Trinajstić information content (AvgIpc) is 3.02. The second-order valence-corrected chi connectivity index (χ2v) is 17.4. The molecule has 0 bridgehead atoms. The summed E-state index contributed by atoms with van der Waals surface area (Å²) in [6.45, 7) is 14.2. The van der Waals surface area contributed by atoms with E-state index in [2.05, 4.69) is 0 Å². The maximum atomic E-state index is 15.2. The maximum absolute atomic E-state index is 15.2. The summed E-state index contributed by atoms with van der Waals surface area (Å²) in [4.78, 5) is 44.5. The number of hydrogen-bond acceptors (Lipinski definition) is 7. The minimum absolute atomic E-state index is 0.0470. The van der Waals surface area contributed by atoms with E-state index in [9.17, 15) is 14.7 Å². The molecule has 4 rings (SSSR count). The summed E-state index contributed by atoms with van der Waals surface area (Å²) in [6.07, 6.45) is 0. The summed E-state index contributed by atoms with van der Waals surface area (Å²) in [5.74, 6) is -3.99. The Balaban J connectivity index is 2.34. The van der Waals surface area contributed by atoms with Gasteiger partial charge in [-0.05, 0) is 110 Å². The second-order valence-electron chi connectivity index (χ2n) is 13.5. The van der Waals surface area contributed by atoms with E-state index in [1.54, 1.807) is 55.4 Å². The van der Waals surface area contributed by atoms with Crippen molar-refractivity contribution in [2.45, 2.75) is 91.3 Å². The van der Waals surface area contributed by atoms with Crippen LogP contribution < -0.4 is 26.6 Å². The van der Waals surface area contributed by atoms with E-state index in [1.165, 1.54) is 9.13 Å². The van der Waals surface area contributed by atoms with Crippen molar-refractivity contribution in [2.24, 2.45) is 0 Å². The van der Waals surface area contributed by atoms with E-state index in [0.29, 0.717) is 0 Å². The highest BCUT2D eigenvalue weighted by Gasteiger charge is 2.63. The van der Waals surface area contributed by atoms with Gasteiger partial charge in [-0.25, -0.2) is 4.79 Å². The van der Waals surface area contributed by atoms with Crippen LogP contribution >= 0.6 is 19.5 Å². The number of nitrogens with zero attached hydrogens (tertiary/aromatic N) is 2. The van der Waals surface area contributed by atoms with Gasteiger partial charge in [0.25, 0.3) is 5.56 Å². The SMILES string of the molecule is CCn1c([O-])c([C@@H](C(=O)OC(C)(C)C)[C@@H](C(=O)OC(C)(C)C)[P+](c2ccccc2)(c2ccccc2)c2ccccc2)c(=O)n(CC)c1=S. The van der Waals surface area contributed by atoms with Crippen LogP contribution in [0.25, 0.3) is 0 Å². The number of hydrogen-bond donors (Lipinski definition) is 0. The van der Waals surface area contributed by atoms with Gasteiger partial charge < -0.3 is 19.1 Å². The maximum Gasteiger partial charge on any atom is 0.350 e. The number of aromatic nitrogens is 2. The molecule has 4 aromatic rings. The van der Waals surface area contributed by atoms with E-state index in [0.717, 1.165) is 15.9 Å². The molecule has 0 unspecified atom stereocenters. The molecule has 0 aliphatic carbocycles. The monoisotopic (exact) mass is 688 g/mol. The Hall–Kier alpha value is -4.07. The first-order valence-electron chi connectivity index (χ1n) is 16.1. The van der Waals surface area contributed by atoms with Crippen LogP contribution in [0.4, 0.5) is 0 Å². The summed E-state index contributed by atoms with van der Waals surface area (Å²) in [6, 6.07) is 28.5. The molecular formula is C38H45N2O6PS. The Labute approximate surface area is 288 Å². The lowest BCUT2D eigenvalue weighted by Gasteiger charge is -2.39. The van der Waals surface area contributed by atoms with Crippen molar-refractivity contribution in [2.75, 3.05) is 0 Å². The Morgan fingerprint density at radius 3 is 1.44 bits per heavy atom. The van der Waals surface area contributed by atoms with Gasteiger partial charge in [0.05, 0.1) is 0 Å². The number of carbonyl (C=O) groups excluding carboxylic acids is 2. The Bertz CT molecular complexity index is 1760. The molecule has 0 spiro atoms. The highest BCUT2D eigenvalue weighted by atomic mass is 32.1. The van der Waals surface area contributed by atoms with Gasteiger partial charge in [0.2, 0.25) is 0 Å². The van der Waals surface area contributed by atoms with E-state index in [-0.39, 0.29) is 23.4 Å². The van der Waals surface area contributed by atoms with Crippen molar-refractivity contribution in [3.63, 3.8) is 0 Å². The fourth-order valence-electron chi connectivity index (χ4n) is 6.09. The molecule has 3 aromatic carbocycles. The number of esters is 2. The molecule has 1 aromatic heterocycles. The quantitative estimate of drug-likeness (QED) is 0.121. The van der Waals surface area contributed by atoms with Crippen molar-refractivity contribution < 1.29 is 24.2 Å². The van der Waals surface area contributed by atoms with Crippen molar-refractivity contribution in [3.8, 4) is 5.88 Å². The minimum atomic E-state index is -3.34. The Morgan fingerprint density at radius 2 is 1.08 bits per heavy atom. The van der Waals surface area contributed by atoms with Crippen LogP contribution in [0.15, 0.2) is 95.8 Å². The molecule has 8 nitrogen and oxygen atoms in total. The third kappa shape index (κ3) is 7.32. The summed E-state index contributed by atoms with van der Waals surface area (Å²) in [5, 5.41) is 16.8. The van der Waals surface area contributed by atoms with Gasteiger partial charge >= 0.3 is 11.9 Å². The fraction of sp³-hybridized carbons (Fsp3) is 0.368. The number of ether oxygens (including phenoxy) is 2. The molecule has 254 valence electrons. The van der Waals surface area contributed by atoms with Crippen LogP contribution in [0.1, 0.15) is 66.9 Å². The third-order valence-electron chi connectivity index (χ3n) is 7.89. The first-order chi connectivity index (χ1) is 22.6. The summed E-state index contributed by atoms with van der Waals surface area (Å²) in [7, 11) is -3.34. The largest absolute Gasteiger partial charge is 0.860 e. The molecule has 0 amide bonds. The molecule has 1 heterocycles. The van der Waals surface area contributed by atoms with Crippen LogP contribution in [0.5, 0.6) is 5.88 Å². The zero-order valence-electron chi connectivity index (χ0n) is 28.9. The highest BCUT2D eigenvalue weighted by Crippen LogP contribution is 2.64. The van der Waals surface area contributed by atoms with Gasteiger partial charge in [0.15, 0.2) is 10.4 Å². The average molecular weight is 689 g/mol. The van der Waals surface area contributed by atoms with Gasteiger partial charge in [-0.15, -0.1) is 0 Å². The van der Waals surface area contributed by atoms with Crippen molar-refractivity contribution >= 4 is 47.3 Å². The zero-order valence-corrected chi connectivity index (χ0v) is 30.6. The van der Waals surface area contributed by atoms with Crippen LogP contribution in [0.2, 0.25) is 0 Å². The lowest BCUT2D eigenvalue weighted by atomic mass is 9.95. The number of rotatable bonds is 10. The molecule has 0 N–H and O–H groups in total. The molecule has 0 aliphatic heterocycles. The Kier molecular flexibility index (Phi) is 11.2. The zero-order chi connectivity index (χ0) is 35.4. The lowest BCUT2D eigenvalue weighted by molar-refractivity contribution is -0.281. The summed E-state index contributed by atoms with van der Waals surface area (Å²) in [5.41, 5.74) is -4.50. The molecule has 0 aliphatic rings. The van der Waals surface area contributed by atoms with E-state index < -0.39 is 53.4 Å². The standard InChI is InChI=1S/C38H45N2O6PS/c1-9-39-32(41)30(33(42)40(10-2)36(39)48)29(34(43)45-37(3,4)5)31(35(44)46-38(6,7)8)47(26-20-14-11-15-21-26,27-22-16-12-17-23-27)28-24-18-13-19-25-28/h11-25,29,31H,9-10H2,1-8H3/t29-,31+/m1/s1. The van der Waals surface area contributed by atoms with Crippen LogP contribution in [0.3, 0.4) is 0 Å². The van der Waals surface area contributed by atoms with Crippen LogP contribution in [0, 0.1) is 4.77 Å². The van der Waals surface area contributed by atoms with Crippen LogP contribution in [-0.4, -0.2) is 37.9 Å². The lowest BCUT2D eigenvalue weighted by Crippen LogP contribution is -2.51. The first kappa shape index (κ1) is 36.8.